The Morgan fingerprint density at radius 2 is 0.892 bits per heavy atom. The molecule has 0 aliphatic heterocycles. The van der Waals surface area contributed by atoms with Crippen molar-refractivity contribution >= 4 is 29.5 Å². The van der Waals surface area contributed by atoms with Crippen LogP contribution in [0.4, 0.5) is 5.69 Å². The molecule has 324 valence electrons. The molecule has 1 amide bonds. The second-order valence-corrected chi connectivity index (χ2v) is 13.3. The van der Waals surface area contributed by atoms with Gasteiger partial charge >= 0.3 is 17.9 Å². The molecule has 0 fully saturated rings. The number of terminal acetylenes is 2. The first-order chi connectivity index (χ1) is 31.5. The zero-order valence-corrected chi connectivity index (χ0v) is 35.4. The number of carbonyl (C=O) groups is 4. The molecule has 6 aromatic rings. The van der Waals surface area contributed by atoms with Gasteiger partial charge in [0.2, 0.25) is 0 Å². The smallest absolute Gasteiger partial charge is 0.351 e. The highest BCUT2D eigenvalue weighted by Crippen LogP contribution is 2.36. The zero-order chi connectivity index (χ0) is 46.5. The number of hydrogen-bond acceptors (Lipinski definition) is 13. The Morgan fingerprint density at radius 1 is 0.462 bits per heavy atom. The largest absolute Gasteiger partial charge is 0.496 e. The van der Waals surface area contributed by atoms with Crippen LogP contribution in [0.2, 0.25) is 0 Å². The summed E-state index contributed by atoms with van der Waals surface area (Å²) >= 11 is 0. The van der Waals surface area contributed by atoms with Crippen molar-refractivity contribution in [2.75, 3.05) is 33.8 Å². The number of rotatable bonds is 14. The maximum Gasteiger partial charge on any atom is 0.351 e. The molecule has 0 aliphatic carbocycles. The van der Waals surface area contributed by atoms with Crippen molar-refractivity contribution in [3.8, 4) is 88.6 Å². The van der Waals surface area contributed by atoms with Gasteiger partial charge in [-0.3, -0.25) is 4.79 Å². The number of amides is 1. The third-order valence-electron chi connectivity index (χ3n) is 9.22. The van der Waals surface area contributed by atoms with Gasteiger partial charge in [0.1, 0.15) is 75.1 Å². The molecule has 0 spiro atoms. The van der Waals surface area contributed by atoms with E-state index in [-0.39, 0.29) is 68.6 Å². The Bertz CT molecular complexity index is 2860. The predicted molar refractivity (Wildman–Crippen MR) is 237 cm³/mol. The summed E-state index contributed by atoms with van der Waals surface area (Å²) in [7, 11) is 5.49. The minimum absolute atomic E-state index is 0.0123. The molecule has 65 heavy (non-hydrogen) atoms. The number of carbonyl (C=O) groups excluding carboxylic acids is 4. The lowest BCUT2D eigenvalue weighted by molar-refractivity contribution is 0.0716. The molecule has 0 saturated heterocycles. The highest BCUT2D eigenvalue weighted by atomic mass is 16.6. The lowest BCUT2D eigenvalue weighted by Gasteiger charge is -2.14. The van der Waals surface area contributed by atoms with Gasteiger partial charge in [-0.15, -0.1) is 0 Å². The number of benzene rings is 6. The van der Waals surface area contributed by atoms with Crippen LogP contribution in [0.5, 0.6) is 51.7 Å². The van der Waals surface area contributed by atoms with Crippen molar-refractivity contribution in [3.05, 3.63) is 154 Å². The molecule has 1 N–H and O–H groups in total. The van der Waals surface area contributed by atoms with Crippen molar-refractivity contribution in [3.63, 3.8) is 0 Å². The molecule has 0 radical (unpaired) electrons. The molecule has 0 aliphatic rings. The van der Waals surface area contributed by atoms with E-state index < -0.39 is 17.9 Å². The standard InChI is InChI=1S/C51H37NO13/c1-8-61-39-27-42(57-4)46(43(28-39)58-5)50(55)63-37-21-15-34(16-22-37)48(53)52-36-19-12-32(13-20-36)10-11-33-14-25-41(31(3)26-33)65-49(54)35-17-23-38(24-18-35)64-51(56)47-44(59-6)29-40(62-9-2)30-45(47)60-7/h1-2,12-30H,3-7H3,(H,52,53). The lowest BCUT2D eigenvalue weighted by atomic mass is 10.1. The molecule has 0 aromatic heterocycles. The van der Waals surface area contributed by atoms with E-state index in [0.717, 1.165) is 0 Å². The van der Waals surface area contributed by atoms with Crippen LogP contribution in [0.15, 0.2) is 115 Å². The minimum Gasteiger partial charge on any atom is -0.496 e. The van der Waals surface area contributed by atoms with Crippen molar-refractivity contribution < 1.29 is 61.8 Å². The number of anilines is 1. The van der Waals surface area contributed by atoms with Gasteiger partial charge < -0.3 is 47.9 Å². The van der Waals surface area contributed by atoms with E-state index >= 15 is 0 Å². The maximum atomic E-state index is 13.1. The predicted octanol–water partition coefficient (Wildman–Crippen LogP) is 8.28. The average molecular weight is 872 g/mol. The number of aryl methyl sites for hydroxylation is 1. The van der Waals surface area contributed by atoms with Gasteiger partial charge in [0.05, 0.1) is 34.0 Å². The summed E-state index contributed by atoms with van der Waals surface area (Å²) in [6.07, 6.45) is 14.5. The zero-order valence-electron chi connectivity index (χ0n) is 35.4. The first-order valence-corrected chi connectivity index (χ1v) is 19.1. The Balaban J connectivity index is 1.01. The molecule has 0 bridgehead atoms. The second-order valence-electron chi connectivity index (χ2n) is 13.3. The van der Waals surface area contributed by atoms with Crippen LogP contribution in [-0.2, 0) is 0 Å². The number of methoxy groups -OCH3 is 4. The van der Waals surface area contributed by atoms with Crippen LogP contribution in [0, 0.1) is 43.8 Å². The number of nitrogens with one attached hydrogen (secondary N) is 1. The van der Waals surface area contributed by atoms with Crippen LogP contribution < -0.4 is 47.9 Å². The molecular weight excluding hydrogens is 835 g/mol. The van der Waals surface area contributed by atoms with E-state index in [0.29, 0.717) is 33.7 Å². The summed E-state index contributed by atoms with van der Waals surface area (Å²) in [5, 5.41) is 2.83. The van der Waals surface area contributed by atoms with Crippen molar-refractivity contribution in [1.29, 1.82) is 0 Å². The molecule has 0 saturated carbocycles. The number of hydrogen-bond donors (Lipinski definition) is 1. The van der Waals surface area contributed by atoms with E-state index in [1.54, 1.807) is 49.4 Å². The third kappa shape index (κ3) is 11.1. The van der Waals surface area contributed by atoms with Crippen molar-refractivity contribution in [2.24, 2.45) is 0 Å². The van der Waals surface area contributed by atoms with E-state index in [1.165, 1.54) is 101 Å². The molecule has 6 aromatic carbocycles. The summed E-state index contributed by atoms with van der Waals surface area (Å²) in [4.78, 5) is 52.2. The van der Waals surface area contributed by atoms with Crippen LogP contribution in [0.1, 0.15) is 58.1 Å². The molecule has 0 unspecified atom stereocenters. The van der Waals surface area contributed by atoms with Gasteiger partial charge in [-0.05, 0) is 103 Å². The first-order valence-electron chi connectivity index (χ1n) is 19.1. The van der Waals surface area contributed by atoms with E-state index in [9.17, 15) is 19.2 Å². The van der Waals surface area contributed by atoms with Crippen molar-refractivity contribution in [2.45, 2.75) is 6.92 Å². The lowest BCUT2D eigenvalue weighted by Crippen LogP contribution is -2.13. The van der Waals surface area contributed by atoms with E-state index in [4.69, 9.17) is 55.5 Å². The summed E-state index contributed by atoms with van der Waals surface area (Å²) in [5.74, 6) is 5.30. The first kappa shape index (κ1) is 45.2. The van der Waals surface area contributed by atoms with Crippen LogP contribution in [0.25, 0.3) is 0 Å². The van der Waals surface area contributed by atoms with Crippen LogP contribution in [0.3, 0.4) is 0 Å². The van der Waals surface area contributed by atoms with Gasteiger partial charge in [-0.25, -0.2) is 14.4 Å². The Kier molecular flexibility index (Phi) is 14.6. The topological polar surface area (TPSA) is 163 Å². The summed E-state index contributed by atoms with van der Waals surface area (Å²) < 4.78 is 48.1. The Labute approximate surface area is 373 Å². The molecule has 6 rings (SSSR count). The fourth-order valence-corrected chi connectivity index (χ4v) is 6.07. The van der Waals surface area contributed by atoms with Gasteiger partial charge in [0.25, 0.3) is 5.91 Å². The van der Waals surface area contributed by atoms with Gasteiger partial charge in [0, 0.05) is 46.6 Å². The third-order valence-corrected chi connectivity index (χ3v) is 9.22. The maximum absolute atomic E-state index is 13.1. The van der Waals surface area contributed by atoms with Gasteiger partial charge in [-0.2, -0.15) is 0 Å². The number of esters is 3. The van der Waals surface area contributed by atoms with Crippen LogP contribution in [-0.4, -0.2) is 52.3 Å². The molecule has 14 nitrogen and oxygen atoms in total. The fourth-order valence-electron chi connectivity index (χ4n) is 6.07. The minimum atomic E-state index is -0.771. The van der Waals surface area contributed by atoms with Gasteiger partial charge in [0.15, 0.2) is 0 Å². The molecule has 0 atom stereocenters. The quantitative estimate of drug-likeness (QED) is 0.0633. The summed E-state index contributed by atoms with van der Waals surface area (Å²) in [5.41, 5.74) is 3.14. The van der Waals surface area contributed by atoms with Gasteiger partial charge in [-0.1, -0.05) is 24.7 Å². The normalized spacial score (nSPS) is 10.0. The summed E-state index contributed by atoms with van der Waals surface area (Å²) in [6.45, 7) is 1.79. The van der Waals surface area contributed by atoms with Crippen LogP contribution >= 0.6 is 0 Å². The summed E-state index contributed by atoms with van der Waals surface area (Å²) in [6, 6.07) is 29.7. The van der Waals surface area contributed by atoms with E-state index in [1.807, 2.05) is 12.2 Å². The fraction of sp³-hybridized carbons (Fsp3) is 0.0980. The van der Waals surface area contributed by atoms with Crippen molar-refractivity contribution in [1.82, 2.24) is 0 Å². The van der Waals surface area contributed by atoms with E-state index in [2.05, 4.69) is 17.2 Å². The molecular formula is C51H37NO13. The molecule has 0 heterocycles. The SMILES string of the molecule is C#COc1cc(OC)c(C(=O)Oc2ccc(C(=O)Nc3ccc(C#Cc4ccc(OC(=O)c5ccc(OC(=O)c6c(OC)cc(OC#C)cc6OC)cc5)c(C)c4)cc3)cc2)c(OC)c1. The Morgan fingerprint density at radius 3 is 1.32 bits per heavy atom. The molecule has 14 heteroatoms. The Hall–Kier alpha value is -9.32. The second kappa shape index (κ2) is 21.0. The highest BCUT2D eigenvalue weighted by molar-refractivity contribution is 6.04. The highest BCUT2D eigenvalue weighted by Gasteiger charge is 2.25. The number of ether oxygens (including phenoxy) is 9. The average Bonchev–Trinajstić information content (AvgIpc) is 3.31. The monoisotopic (exact) mass is 871 g/mol.